The molecule has 20 heavy (non-hydrogen) atoms. The van der Waals surface area contributed by atoms with E-state index in [2.05, 4.69) is 78.3 Å². The summed E-state index contributed by atoms with van der Waals surface area (Å²) in [6.07, 6.45) is 2.11. The smallest absolute Gasteiger partial charge is 0.0748 e. The van der Waals surface area contributed by atoms with Gasteiger partial charge < -0.3 is 9.55 Å². The molecule has 0 fully saturated rings. The Labute approximate surface area is 117 Å². The summed E-state index contributed by atoms with van der Waals surface area (Å²) in [4.78, 5) is 3.44. The largest absolute Gasteiger partial charge is 0.359 e. The summed E-state index contributed by atoms with van der Waals surface area (Å²) in [6, 6.07) is 17.2. The number of hydrogen-bond donors (Lipinski definition) is 1. The van der Waals surface area contributed by atoms with Crippen molar-refractivity contribution in [3.8, 4) is 11.1 Å². The SMILES string of the molecule is Cc1ccc(-c2c[nH]c3c4ccccc4n(C)c23)cc1. The first-order chi connectivity index (χ1) is 9.75. The standard InChI is InChI=1S/C18H16N2/c1-12-7-9-13(10-8-12)15-11-19-17-14-5-3-4-6-16(14)20(2)18(15)17/h3-11,19H,1-2H3. The van der Waals surface area contributed by atoms with Gasteiger partial charge in [0.05, 0.1) is 16.6 Å². The molecule has 2 aromatic carbocycles. The van der Waals surface area contributed by atoms with Crippen LogP contribution in [0.25, 0.3) is 33.1 Å². The monoisotopic (exact) mass is 260 g/mol. The molecule has 4 rings (SSSR count). The lowest BCUT2D eigenvalue weighted by Gasteiger charge is -2.02. The maximum atomic E-state index is 3.44. The first kappa shape index (κ1) is 11.4. The summed E-state index contributed by atoms with van der Waals surface area (Å²) in [5.74, 6) is 0. The van der Waals surface area contributed by atoms with Gasteiger partial charge in [-0.05, 0) is 18.6 Å². The number of aromatic amines is 1. The Hall–Kier alpha value is -2.48. The van der Waals surface area contributed by atoms with Gasteiger partial charge in [-0.3, -0.25) is 0 Å². The molecule has 0 spiro atoms. The van der Waals surface area contributed by atoms with Crippen LogP contribution in [0.1, 0.15) is 5.56 Å². The van der Waals surface area contributed by atoms with Gasteiger partial charge >= 0.3 is 0 Å². The van der Waals surface area contributed by atoms with Crippen LogP contribution < -0.4 is 0 Å². The van der Waals surface area contributed by atoms with E-state index in [1.165, 1.54) is 38.6 Å². The van der Waals surface area contributed by atoms with Crippen LogP contribution >= 0.6 is 0 Å². The summed E-state index contributed by atoms with van der Waals surface area (Å²) in [6.45, 7) is 2.12. The molecule has 0 unspecified atom stereocenters. The fourth-order valence-corrected chi connectivity index (χ4v) is 3.02. The van der Waals surface area contributed by atoms with E-state index in [0.29, 0.717) is 0 Å². The normalized spacial score (nSPS) is 11.5. The number of H-pyrrole nitrogens is 1. The molecule has 4 aromatic rings. The van der Waals surface area contributed by atoms with Crippen molar-refractivity contribution in [1.82, 2.24) is 9.55 Å². The minimum absolute atomic E-state index is 1.22. The van der Waals surface area contributed by atoms with Crippen molar-refractivity contribution in [2.75, 3.05) is 0 Å². The molecule has 1 N–H and O–H groups in total. The van der Waals surface area contributed by atoms with Gasteiger partial charge in [-0.15, -0.1) is 0 Å². The number of nitrogens with zero attached hydrogens (tertiary/aromatic N) is 1. The molecule has 0 aliphatic carbocycles. The molecule has 0 saturated carbocycles. The third-order valence-electron chi connectivity index (χ3n) is 4.09. The van der Waals surface area contributed by atoms with Crippen LogP contribution in [0.15, 0.2) is 54.7 Å². The van der Waals surface area contributed by atoms with Gasteiger partial charge in [0.1, 0.15) is 0 Å². The number of aryl methyl sites for hydroxylation is 2. The molecular formula is C18H16N2. The van der Waals surface area contributed by atoms with E-state index in [4.69, 9.17) is 0 Å². The third-order valence-corrected chi connectivity index (χ3v) is 4.09. The predicted molar refractivity (Wildman–Crippen MR) is 84.9 cm³/mol. The molecule has 0 bridgehead atoms. The minimum atomic E-state index is 1.22. The second-order valence-corrected chi connectivity index (χ2v) is 5.37. The zero-order chi connectivity index (χ0) is 13.7. The highest BCUT2D eigenvalue weighted by Gasteiger charge is 2.14. The number of benzene rings is 2. The molecule has 2 heteroatoms. The number of hydrogen-bond acceptors (Lipinski definition) is 0. The van der Waals surface area contributed by atoms with E-state index >= 15 is 0 Å². The van der Waals surface area contributed by atoms with E-state index in [0.717, 1.165) is 0 Å². The Bertz CT molecular complexity index is 908. The van der Waals surface area contributed by atoms with Crippen molar-refractivity contribution in [2.45, 2.75) is 6.92 Å². The van der Waals surface area contributed by atoms with Crippen LogP contribution in [0.2, 0.25) is 0 Å². The van der Waals surface area contributed by atoms with Crippen LogP contribution in [0.4, 0.5) is 0 Å². The van der Waals surface area contributed by atoms with E-state index in [9.17, 15) is 0 Å². The summed E-state index contributed by atoms with van der Waals surface area (Å²) in [5.41, 5.74) is 7.57. The molecule has 2 aromatic heterocycles. The topological polar surface area (TPSA) is 20.7 Å². The highest BCUT2D eigenvalue weighted by Crippen LogP contribution is 2.34. The summed E-state index contributed by atoms with van der Waals surface area (Å²) < 4.78 is 2.27. The maximum absolute atomic E-state index is 3.44. The lowest BCUT2D eigenvalue weighted by Crippen LogP contribution is -1.87. The van der Waals surface area contributed by atoms with Gasteiger partial charge in [0.25, 0.3) is 0 Å². The van der Waals surface area contributed by atoms with Gasteiger partial charge in [0.2, 0.25) is 0 Å². The van der Waals surface area contributed by atoms with Gasteiger partial charge in [0, 0.05) is 24.2 Å². The highest BCUT2D eigenvalue weighted by atomic mass is 15.0. The first-order valence-corrected chi connectivity index (χ1v) is 6.87. The van der Waals surface area contributed by atoms with Crippen LogP contribution in [0.5, 0.6) is 0 Å². The molecule has 0 atom stereocenters. The number of nitrogens with one attached hydrogen (secondary N) is 1. The average molecular weight is 260 g/mol. The molecular weight excluding hydrogens is 244 g/mol. The summed E-state index contributed by atoms with van der Waals surface area (Å²) in [7, 11) is 2.14. The molecule has 0 saturated heterocycles. The van der Waals surface area contributed by atoms with Gasteiger partial charge in [-0.2, -0.15) is 0 Å². The van der Waals surface area contributed by atoms with E-state index in [1.807, 2.05) is 0 Å². The highest BCUT2D eigenvalue weighted by molar-refractivity contribution is 6.11. The quantitative estimate of drug-likeness (QED) is 0.515. The Balaban J connectivity index is 2.08. The third kappa shape index (κ3) is 1.45. The number of aromatic nitrogens is 2. The Morgan fingerprint density at radius 2 is 1.70 bits per heavy atom. The zero-order valence-electron chi connectivity index (χ0n) is 11.6. The van der Waals surface area contributed by atoms with E-state index in [1.54, 1.807) is 0 Å². The summed E-state index contributed by atoms with van der Waals surface area (Å²) >= 11 is 0. The molecule has 0 radical (unpaired) electrons. The average Bonchev–Trinajstić information content (AvgIpc) is 3.02. The van der Waals surface area contributed by atoms with Crippen molar-refractivity contribution < 1.29 is 0 Å². The van der Waals surface area contributed by atoms with Crippen molar-refractivity contribution in [3.05, 3.63) is 60.3 Å². The van der Waals surface area contributed by atoms with E-state index in [-0.39, 0.29) is 0 Å². The van der Waals surface area contributed by atoms with Crippen molar-refractivity contribution in [1.29, 1.82) is 0 Å². The number of rotatable bonds is 1. The fourth-order valence-electron chi connectivity index (χ4n) is 3.02. The number of para-hydroxylation sites is 1. The molecule has 0 aliphatic heterocycles. The fraction of sp³-hybridized carbons (Fsp3) is 0.111. The molecule has 0 amide bonds. The molecule has 98 valence electrons. The molecule has 2 heterocycles. The first-order valence-electron chi connectivity index (χ1n) is 6.87. The van der Waals surface area contributed by atoms with Gasteiger partial charge in [-0.25, -0.2) is 0 Å². The minimum Gasteiger partial charge on any atom is -0.359 e. The van der Waals surface area contributed by atoms with Gasteiger partial charge in [0.15, 0.2) is 0 Å². The lowest BCUT2D eigenvalue weighted by atomic mass is 10.1. The Morgan fingerprint density at radius 3 is 2.50 bits per heavy atom. The Morgan fingerprint density at radius 1 is 0.950 bits per heavy atom. The van der Waals surface area contributed by atoms with Crippen molar-refractivity contribution >= 4 is 21.9 Å². The molecule has 2 nitrogen and oxygen atoms in total. The van der Waals surface area contributed by atoms with Gasteiger partial charge in [-0.1, -0.05) is 48.0 Å². The number of fused-ring (bicyclic) bond motifs is 3. The second kappa shape index (κ2) is 4.01. The van der Waals surface area contributed by atoms with Crippen LogP contribution in [-0.2, 0) is 7.05 Å². The summed E-state index contributed by atoms with van der Waals surface area (Å²) in [5, 5.41) is 1.28. The Kier molecular flexibility index (Phi) is 2.27. The predicted octanol–water partition coefficient (Wildman–Crippen LogP) is 4.64. The second-order valence-electron chi connectivity index (χ2n) is 5.37. The van der Waals surface area contributed by atoms with Crippen LogP contribution in [0.3, 0.4) is 0 Å². The lowest BCUT2D eigenvalue weighted by molar-refractivity contribution is 1.02. The van der Waals surface area contributed by atoms with Crippen LogP contribution in [-0.4, -0.2) is 9.55 Å². The molecule has 0 aliphatic rings. The maximum Gasteiger partial charge on any atom is 0.0748 e. The van der Waals surface area contributed by atoms with Crippen molar-refractivity contribution in [2.24, 2.45) is 7.05 Å². The van der Waals surface area contributed by atoms with E-state index < -0.39 is 0 Å². The van der Waals surface area contributed by atoms with Crippen LogP contribution in [0, 0.1) is 6.92 Å². The van der Waals surface area contributed by atoms with Crippen molar-refractivity contribution in [3.63, 3.8) is 0 Å². The zero-order valence-corrected chi connectivity index (χ0v) is 11.6.